The Bertz CT molecular complexity index is 1170. The maximum absolute atomic E-state index is 12.9. The van der Waals surface area contributed by atoms with E-state index in [1.807, 2.05) is 18.2 Å². The van der Waals surface area contributed by atoms with Crippen LogP contribution in [0.3, 0.4) is 0 Å². The lowest BCUT2D eigenvalue weighted by atomic mass is 10.1. The third kappa shape index (κ3) is 2.94. The van der Waals surface area contributed by atoms with Crippen LogP contribution >= 0.6 is 0 Å². The van der Waals surface area contributed by atoms with E-state index in [2.05, 4.69) is 5.32 Å². The Hall–Kier alpha value is -3.94. The number of rotatable bonds is 4. The van der Waals surface area contributed by atoms with Crippen molar-refractivity contribution in [2.24, 2.45) is 7.05 Å². The Morgan fingerprint density at radius 1 is 0.897 bits per heavy atom. The van der Waals surface area contributed by atoms with Gasteiger partial charge in [0, 0.05) is 7.05 Å². The van der Waals surface area contributed by atoms with E-state index in [0.717, 1.165) is 4.90 Å². The minimum atomic E-state index is -0.620. The predicted molar refractivity (Wildman–Crippen MR) is 106 cm³/mol. The van der Waals surface area contributed by atoms with E-state index < -0.39 is 29.8 Å². The molecule has 0 saturated carbocycles. The fourth-order valence-electron chi connectivity index (χ4n) is 3.42. The van der Waals surface area contributed by atoms with Crippen LogP contribution in [0.1, 0.15) is 26.4 Å². The summed E-state index contributed by atoms with van der Waals surface area (Å²) < 4.78 is 3.07. The lowest BCUT2D eigenvalue weighted by Crippen LogP contribution is -2.38. The van der Waals surface area contributed by atoms with E-state index in [1.165, 1.54) is 4.68 Å². The molecule has 3 aromatic rings. The molecular formula is C21H18N4O4. The molecular weight excluding hydrogens is 372 g/mol. The van der Waals surface area contributed by atoms with Gasteiger partial charge in [-0.25, -0.2) is 4.68 Å². The Morgan fingerprint density at radius 2 is 1.45 bits per heavy atom. The van der Waals surface area contributed by atoms with Crippen molar-refractivity contribution in [3.63, 3.8) is 0 Å². The number of carbonyl (C=O) groups is 3. The van der Waals surface area contributed by atoms with Crippen molar-refractivity contribution in [1.29, 1.82) is 0 Å². The third-order valence-electron chi connectivity index (χ3n) is 5.00. The van der Waals surface area contributed by atoms with Crippen LogP contribution in [0.25, 0.3) is 5.69 Å². The smallest absolute Gasteiger partial charge is 0.295 e. The summed E-state index contributed by atoms with van der Waals surface area (Å²) >= 11 is 0. The predicted octanol–water partition coefficient (Wildman–Crippen LogP) is 1.72. The first-order valence-corrected chi connectivity index (χ1v) is 8.99. The maximum Gasteiger partial charge on any atom is 0.295 e. The molecule has 8 heteroatoms. The number of para-hydroxylation sites is 1. The molecule has 0 radical (unpaired) electrons. The number of hydrogen-bond donors (Lipinski definition) is 1. The SMILES string of the molecule is Cc1c(NC(=O)CN2C(=O)c3ccccc3C2=O)c(=O)n(-c2ccccc2)n1C. The molecule has 4 rings (SSSR count). The molecule has 0 unspecified atom stereocenters. The Kier molecular flexibility index (Phi) is 4.38. The zero-order valence-corrected chi connectivity index (χ0v) is 15.9. The Labute approximate surface area is 166 Å². The molecule has 29 heavy (non-hydrogen) atoms. The topological polar surface area (TPSA) is 93.4 Å². The van der Waals surface area contributed by atoms with Gasteiger partial charge in [-0.1, -0.05) is 30.3 Å². The van der Waals surface area contributed by atoms with Gasteiger partial charge < -0.3 is 5.32 Å². The number of fused-ring (bicyclic) bond motifs is 1. The monoisotopic (exact) mass is 390 g/mol. The highest BCUT2D eigenvalue weighted by Gasteiger charge is 2.36. The van der Waals surface area contributed by atoms with Crippen molar-refractivity contribution < 1.29 is 14.4 Å². The van der Waals surface area contributed by atoms with Gasteiger partial charge in [0.05, 0.1) is 22.5 Å². The minimum Gasteiger partial charge on any atom is -0.318 e. The highest BCUT2D eigenvalue weighted by atomic mass is 16.2. The summed E-state index contributed by atoms with van der Waals surface area (Å²) in [5, 5.41) is 2.57. The first kappa shape index (κ1) is 18.4. The van der Waals surface area contributed by atoms with Crippen LogP contribution in [0.2, 0.25) is 0 Å². The zero-order chi connectivity index (χ0) is 20.7. The second-order valence-electron chi connectivity index (χ2n) is 6.73. The van der Waals surface area contributed by atoms with E-state index in [4.69, 9.17) is 0 Å². The number of aromatic nitrogens is 2. The highest BCUT2D eigenvalue weighted by molar-refractivity contribution is 6.22. The molecule has 2 aromatic carbocycles. The maximum atomic E-state index is 12.9. The lowest BCUT2D eigenvalue weighted by molar-refractivity contribution is -0.116. The van der Waals surface area contributed by atoms with Crippen LogP contribution in [0.4, 0.5) is 5.69 Å². The van der Waals surface area contributed by atoms with E-state index in [1.54, 1.807) is 55.1 Å². The molecule has 3 amide bonds. The molecule has 0 saturated heterocycles. The molecule has 1 aromatic heterocycles. The number of carbonyl (C=O) groups excluding carboxylic acids is 3. The third-order valence-corrected chi connectivity index (χ3v) is 5.00. The molecule has 0 bridgehead atoms. The minimum absolute atomic E-state index is 0.109. The summed E-state index contributed by atoms with van der Waals surface area (Å²) in [6, 6.07) is 15.4. The van der Waals surface area contributed by atoms with Gasteiger partial charge in [-0.05, 0) is 31.2 Å². The van der Waals surface area contributed by atoms with Crippen LogP contribution in [0, 0.1) is 6.92 Å². The van der Waals surface area contributed by atoms with Crippen LogP contribution in [-0.4, -0.2) is 38.5 Å². The van der Waals surface area contributed by atoms with Crippen molar-refractivity contribution >= 4 is 23.4 Å². The summed E-state index contributed by atoms with van der Waals surface area (Å²) in [6.07, 6.45) is 0. The van der Waals surface area contributed by atoms with E-state index in [0.29, 0.717) is 11.4 Å². The molecule has 1 aliphatic heterocycles. The van der Waals surface area contributed by atoms with Gasteiger partial charge in [-0.15, -0.1) is 0 Å². The molecule has 1 aliphatic rings. The van der Waals surface area contributed by atoms with Gasteiger partial charge in [0.2, 0.25) is 5.91 Å². The van der Waals surface area contributed by atoms with Crippen LogP contribution in [-0.2, 0) is 11.8 Å². The van der Waals surface area contributed by atoms with E-state index in [-0.39, 0.29) is 16.8 Å². The molecule has 0 aliphatic carbocycles. The average molecular weight is 390 g/mol. The number of anilines is 1. The summed E-state index contributed by atoms with van der Waals surface area (Å²) in [6.45, 7) is 1.24. The Morgan fingerprint density at radius 3 is 2.03 bits per heavy atom. The molecule has 2 heterocycles. The summed E-state index contributed by atoms with van der Waals surface area (Å²) in [7, 11) is 1.71. The summed E-state index contributed by atoms with van der Waals surface area (Å²) in [5.74, 6) is -1.66. The number of nitrogens with one attached hydrogen (secondary N) is 1. The van der Waals surface area contributed by atoms with Crippen molar-refractivity contribution in [2.45, 2.75) is 6.92 Å². The first-order valence-electron chi connectivity index (χ1n) is 8.99. The number of benzene rings is 2. The largest absolute Gasteiger partial charge is 0.318 e. The van der Waals surface area contributed by atoms with Gasteiger partial charge >= 0.3 is 0 Å². The lowest BCUT2D eigenvalue weighted by Gasteiger charge is -2.13. The van der Waals surface area contributed by atoms with Gasteiger partial charge in [-0.2, -0.15) is 0 Å². The zero-order valence-electron chi connectivity index (χ0n) is 15.9. The van der Waals surface area contributed by atoms with E-state index in [9.17, 15) is 19.2 Å². The molecule has 0 fully saturated rings. The van der Waals surface area contributed by atoms with Crippen molar-refractivity contribution in [3.05, 3.63) is 81.8 Å². The fraction of sp³-hybridized carbons (Fsp3) is 0.143. The second kappa shape index (κ2) is 6.90. The quantitative estimate of drug-likeness (QED) is 0.687. The van der Waals surface area contributed by atoms with Gasteiger partial charge in [-0.3, -0.25) is 28.8 Å². The van der Waals surface area contributed by atoms with Crippen LogP contribution in [0.15, 0.2) is 59.4 Å². The average Bonchev–Trinajstić information content (AvgIpc) is 3.09. The Balaban J connectivity index is 1.58. The van der Waals surface area contributed by atoms with E-state index >= 15 is 0 Å². The number of nitrogens with zero attached hydrogens (tertiary/aromatic N) is 3. The number of amides is 3. The van der Waals surface area contributed by atoms with Gasteiger partial charge in [0.15, 0.2) is 0 Å². The second-order valence-corrected chi connectivity index (χ2v) is 6.73. The number of imide groups is 1. The normalized spacial score (nSPS) is 13.0. The molecule has 146 valence electrons. The summed E-state index contributed by atoms with van der Waals surface area (Å²) in [5.41, 5.74) is 1.46. The first-order chi connectivity index (χ1) is 13.9. The highest BCUT2D eigenvalue weighted by Crippen LogP contribution is 2.22. The van der Waals surface area contributed by atoms with Crippen molar-refractivity contribution in [1.82, 2.24) is 14.3 Å². The molecule has 0 spiro atoms. The molecule has 1 N–H and O–H groups in total. The fourth-order valence-corrected chi connectivity index (χ4v) is 3.42. The molecule has 8 nitrogen and oxygen atoms in total. The van der Waals surface area contributed by atoms with Crippen molar-refractivity contribution in [3.8, 4) is 5.69 Å². The van der Waals surface area contributed by atoms with Crippen LogP contribution < -0.4 is 10.9 Å². The standard InChI is InChI=1S/C21H18N4O4/c1-13-18(21(29)25(23(13)2)14-8-4-3-5-9-14)22-17(26)12-24-19(27)15-10-6-7-11-16(15)20(24)28/h3-11H,12H2,1-2H3,(H,22,26). The van der Waals surface area contributed by atoms with Gasteiger partial charge in [0.25, 0.3) is 17.4 Å². The summed E-state index contributed by atoms with van der Waals surface area (Å²) in [4.78, 5) is 51.2. The van der Waals surface area contributed by atoms with Crippen molar-refractivity contribution in [2.75, 3.05) is 11.9 Å². The number of hydrogen-bond acceptors (Lipinski definition) is 4. The van der Waals surface area contributed by atoms with Crippen LogP contribution in [0.5, 0.6) is 0 Å². The molecule has 0 atom stereocenters. The van der Waals surface area contributed by atoms with Gasteiger partial charge in [0.1, 0.15) is 12.2 Å².